The van der Waals surface area contributed by atoms with E-state index in [2.05, 4.69) is 20.6 Å². The predicted molar refractivity (Wildman–Crippen MR) is 84.7 cm³/mol. The van der Waals surface area contributed by atoms with E-state index in [4.69, 9.17) is 4.42 Å². The van der Waals surface area contributed by atoms with Crippen molar-refractivity contribution < 1.29 is 9.21 Å². The zero-order valence-electron chi connectivity index (χ0n) is 12.4. The van der Waals surface area contributed by atoms with Crippen molar-refractivity contribution >= 4 is 22.9 Å². The fraction of sp³-hybridized carbons (Fsp3) is 0.188. The van der Waals surface area contributed by atoms with Crippen LogP contribution >= 0.6 is 0 Å². The van der Waals surface area contributed by atoms with Gasteiger partial charge in [-0.3, -0.25) is 5.32 Å². The summed E-state index contributed by atoms with van der Waals surface area (Å²) < 4.78 is 5.79. The molecule has 0 unspecified atom stereocenters. The topological polar surface area (TPSA) is 80.0 Å². The van der Waals surface area contributed by atoms with Gasteiger partial charge in [-0.25, -0.2) is 14.8 Å². The fourth-order valence-electron chi connectivity index (χ4n) is 2.14. The van der Waals surface area contributed by atoms with Gasteiger partial charge < -0.3 is 9.73 Å². The number of hydrogen-bond acceptors (Lipinski definition) is 4. The van der Waals surface area contributed by atoms with Crippen molar-refractivity contribution in [2.24, 2.45) is 0 Å². The summed E-state index contributed by atoms with van der Waals surface area (Å²) >= 11 is 0. The lowest BCUT2D eigenvalue weighted by Crippen LogP contribution is -2.28. The summed E-state index contributed by atoms with van der Waals surface area (Å²) in [6.45, 7) is 4.38. The van der Waals surface area contributed by atoms with Crippen molar-refractivity contribution in [1.29, 1.82) is 0 Å². The van der Waals surface area contributed by atoms with E-state index in [1.54, 1.807) is 12.3 Å². The van der Waals surface area contributed by atoms with Gasteiger partial charge in [0.2, 0.25) is 5.89 Å². The number of hydrogen-bond donors (Lipinski definition) is 2. The molecule has 2 heterocycles. The first-order valence-corrected chi connectivity index (χ1v) is 7.05. The number of aryl methyl sites for hydroxylation is 1. The van der Waals surface area contributed by atoms with Gasteiger partial charge in [-0.05, 0) is 43.7 Å². The van der Waals surface area contributed by atoms with Crippen LogP contribution in [-0.4, -0.2) is 22.5 Å². The van der Waals surface area contributed by atoms with Gasteiger partial charge in [-0.15, -0.1) is 0 Å². The SMILES string of the molecule is CCNC(=O)Nc1ncccc1-c1nc2ccc(C)cc2o1. The zero-order valence-corrected chi connectivity index (χ0v) is 12.4. The molecule has 0 aliphatic rings. The molecule has 112 valence electrons. The normalized spacial score (nSPS) is 10.6. The first-order chi connectivity index (χ1) is 10.7. The number of urea groups is 1. The summed E-state index contributed by atoms with van der Waals surface area (Å²) in [4.78, 5) is 20.4. The van der Waals surface area contributed by atoms with Gasteiger partial charge in [-0.1, -0.05) is 6.07 Å². The Morgan fingerprint density at radius 3 is 3.00 bits per heavy atom. The van der Waals surface area contributed by atoms with E-state index >= 15 is 0 Å². The predicted octanol–water partition coefficient (Wildman–Crippen LogP) is 3.34. The zero-order chi connectivity index (χ0) is 15.5. The lowest BCUT2D eigenvalue weighted by atomic mass is 10.2. The maximum atomic E-state index is 11.7. The van der Waals surface area contributed by atoms with Crippen molar-refractivity contribution in [2.45, 2.75) is 13.8 Å². The molecule has 1 aromatic carbocycles. The molecular weight excluding hydrogens is 280 g/mol. The van der Waals surface area contributed by atoms with Crippen LogP contribution in [0.25, 0.3) is 22.6 Å². The molecule has 6 heteroatoms. The summed E-state index contributed by atoms with van der Waals surface area (Å²) in [5.74, 6) is 0.845. The molecule has 2 N–H and O–H groups in total. The van der Waals surface area contributed by atoms with E-state index in [9.17, 15) is 4.79 Å². The van der Waals surface area contributed by atoms with Crippen LogP contribution in [0.4, 0.5) is 10.6 Å². The van der Waals surface area contributed by atoms with Crippen molar-refractivity contribution in [3.8, 4) is 11.5 Å². The van der Waals surface area contributed by atoms with E-state index in [0.717, 1.165) is 11.1 Å². The molecule has 0 fully saturated rings. The van der Waals surface area contributed by atoms with Crippen molar-refractivity contribution in [3.05, 3.63) is 42.1 Å². The van der Waals surface area contributed by atoms with Crippen molar-refractivity contribution in [2.75, 3.05) is 11.9 Å². The summed E-state index contributed by atoms with van der Waals surface area (Å²) in [6.07, 6.45) is 1.61. The molecule has 2 amide bonds. The lowest BCUT2D eigenvalue weighted by molar-refractivity contribution is 0.252. The average molecular weight is 296 g/mol. The molecule has 2 aromatic heterocycles. The Kier molecular flexibility index (Phi) is 3.74. The molecule has 0 atom stereocenters. The van der Waals surface area contributed by atoms with E-state index < -0.39 is 0 Å². The van der Waals surface area contributed by atoms with Gasteiger partial charge >= 0.3 is 6.03 Å². The van der Waals surface area contributed by atoms with E-state index in [1.165, 1.54) is 0 Å². The maximum absolute atomic E-state index is 11.7. The first kappa shape index (κ1) is 14.1. The minimum atomic E-state index is -0.311. The Hall–Kier alpha value is -2.89. The monoisotopic (exact) mass is 296 g/mol. The number of carbonyl (C=O) groups excluding carboxylic acids is 1. The third kappa shape index (κ3) is 2.76. The number of anilines is 1. The second kappa shape index (κ2) is 5.85. The Balaban J connectivity index is 2.01. The van der Waals surface area contributed by atoms with Crippen LogP contribution in [0.1, 0.15) is 12.5 Å². The van der Waals surface area contributed by atoms with Gasteiger partial charge in [0.25, 0.3) is 0 Å². The highest BCUT2D eigenvalue weighted by molar-refractivity contribution is 5.92. The Labute approximate surface area is 127 Å². The van der Waals surface area contributed by atoms with E-state index in [1.807, 2.05) is 38.1 Å². The van der Waals surface area contributed by atoms with Crippen molar-refractivity contribution in [3.63, 3.8) is 0 Å². The minimum Gasteiger partial charge on any atom is -0.436 e. The molecule has 0 radical (unpaired) electrons. The van der Waals surface area contributed by atoms with Gasteiger partial charge in [-0.2, -0.15) is 0 Å². The van der Waals surface area contributed by atoms with Crippen LogP contribution in [0, 0.1) is 6.92 Å². The number of carbonyl (C=O) groups is 1. The summed E-state index contributed by atoms with van der Waals surface area (Å²) in [5, 5.41) is 5.37. The first-order valence-electron chi connectivity index (χ1n) is 7.05. The molecular formula is C16H16N4O2. The van der Waals surface area contributed by atoms with Crippen LogP contribution in [0.5, 0.6) is 0 Å². The number of nitrogens with one attached hydrogen (secondary N) is 2. The second-order valence-corrected chi connectivity index (χ2v) is 4.87. The largest absolute Gasteiger partial charge is 0.436 e. The highest BCUT2D eigenvalue weighted by atomic mass is 16.3. The fourth-order valence-corrected chi connectivity index (χ4v) is 2.14. The highest BCUT2D eigenvalue weighted by Gasteiger charge is 2.14. The summed E-state index contributed by atoms with van der Waals surface area (Å²) in [6, 6.07) is 9.09. The van der Waals surface area contributed by atoms with Gasteiger partial charge in [0, 0.05) is 12.7 Å². The van der Waals surface area contributed by atoms with E-state index in [0.29, 0.717) is 29.4 Å². The van der Waals surface area contributed by atoms with Crippen LogP contribution in [0.3, 0.4) is 0 Å². The second-order valence-electron chi connectivity index (χ2n) is 4.87. The van der Waals surface area contributed by atoms with Crippen LogP contribution in [0.2, 0.25) is 0 Å². The number of aromatic nitrogens is 2. The van der Waals surface area contributed by atoms with Gasteiger partial charge in [0.15, 0.2) is 5.58 Å². The number of rotatable bonds is 3. The van der Waals surface area contributed by atoms with Gasteiger partial charge in [0.1, 0.15) is 11.3 Å². The average Bonchev–Trinajstić information content (AvgIpc) is 2.90. The highest BCUT2D eigenvalue weighted by Crippen LogP contribution is 2.28. The minimum absolute atomic E-state index is 0.311. The summed E-state index contributed by atoms with van der Waals surface area (Å²) in [7, 11) is 0. The van der Waals surface area contributed by atoms with Crippen LogP contribution in [0.15, 0.2) is 40.9 Å². The smallest absolute Gasteiger partial charge is 0.320 e. The van der Waals surface area contributed by atoms with Crippen molar-refractivity contribution in [1.82, 2.24) is 15.3 Å². The number of pyridine rings is 1. The number of oxazole rings is 1. The molecule has 0 saturated carbocycles. The van der Waals surface area contributed by atoms with Crippen LogP contribution < -0.4 is 10.6 Å². The lowest BCUT2D eigenvalue weighted by Gasteiger charge is -2.07. The van der Waals surface area contributed by atoms with E-state index in [-0.39, 0.29) is 6.03 Å². The third-order valence-corrected chi connectivity index (χ3v) is 3.15. The van der Waals surface area contributed by atoms with Gasteiger partial charge in [0.05, 0.1) is 5.56 Å². The molecule has 22 heavy (non-hydrogen) atoms. The Morgan fingerprint density at radius 2 is 2.18 bits per heavy atom. The Morgan fingerprint density at radius 1 is 1.32 bits per heavy atom. The molecule has 3 rings (SSSR count). The number of amides is 2. The maximum Gasteiger partial charge on any atom is 0.320 e. The molecule has 0 aliphatic heterocycles. The molecule has 0 aliphatic carbocycles. The standard InChI is InChI=1S/C16H16N4O2/c1-3-17-16(21)20-14-11(5-4-8-18-14)15-19-12-7-6-10(2)9-13(12)22-15/h4-9H,3H2,1-2H3,(H2,17,18,20,21). The molecule has 0 spiro atoms. The Bertz CT molecular complexity index is 826. The summed E-state index contributed by atoms with van der Waals surface area (Å²) in [5.41, 5.74) is 3.22. The number of fused-ring (bicyclic) bond motifs is 1. The molecule has 6 nitrogen and oxygen atoms in total. The quantitative estimate of drug-likeness (QED) is 0.776. The number of benzene rings is 1. The third-order valence-electron chi connectivity index (χ3n) is 3.15. The molecule has 3 aromatic rings. The number of nitrogens with zero attached hydrogens (tertiary/aromatic N) is 2. The molecule has 0 bridgehead atoms. The molecule has 0 saturated heterocycles. The van der Waals surface area contributed by atoms with Crippen LogP contribution in [-0.2, 0) is 0 Å².